The predicted octanol–water partition coefficient (Wildman–Crippen LogP) is 3.67. The molecule has 0 aliphatic carbocycles. The Balaban J connectivity index is 2.17. The summed E-state index contributed by atoms with van der Waals surface area (Å²) in [5.74, 6) is -3.72. The van der Waals surface area contributed by atoms with Crippen LogP contribution in [0.15, 0.2) is 53.5 Å². The highest BCUT2D eigenvalue weighted by Crippen LogP contribution is 2.35. The number of pyridine rings is 1. The van der Waals surface area contributed by atoms with Gasteiger partial charge < -0.3 is 20.1 Å². The number of carboxylic acids is 1. The Morgan fingerprint density at radius 3 is 2.55 bits per heavy atom. The maximum absolute atomic E-state index is 14.4. The van der Waals surface area contributed by atoms with Crippen molar-refractivity contribution in [2.75, 3.05) is 11.4 Å². The van der Waals surface area contributed by atoms with Crippen molar-refractivity contribution in [1.82, 2.24) is 9.88 Å². The molecule has 2 aromatic carbocycles. The summed E-state index contributed by atoms with van der Waals surface area (Å²) in [6, 6.07) is 8.55. The monoisotopic (exact) mass is 457 g/mol. The van der Waals surface area contributed by atoms with Crippen LogP contribution in [0.3, 0.4) is 0 Å². The maximum Gasteiger partial charge on any atom is 0.326 e. The SMILES string of the molecule is Cc1cn(C)c(=O)c(N(C(=O)NCCC(=O)O)c2cccc(-c3cccc(F)c3F)c2)c1O. The van der Waals surface area contributed by atoms with E-state index in [0.717, 1.165) is 11.0 Å². The van der Waals surface area contributed by atoms with Gasteiger partial charge in [-0.3, -0.25) is 14.5 Å². The first kappa shape index (κ1) is 23.5. The van der Waals surface area contributed by atoms with Gasteiger partial charge in [0.15, 0.2) is 17.3 Å². The molecule has 2 amide bonds. The number of carboxylic acid groups (broad SMARTS) is 1. The number of aryl methyl sites for hydroxylation is 2. The Morgan fingerprint density at radius 2 is 1.85 bits per heavy atom. The summed E-state index contributed by atoms with van der Waals surface area (Å²) in [6.45, 7) is 1.30. The Morgan fingerprint density at radius 1 is 1.15 bits per heavy atom. The number of halogens is 2. The zero-order valence-electron chi connectivity index (χ0n) is 17.8. The number of amides is 2. The number of aromatic hydroxyl groups is 1. The summed E-state index contributed by atoms with van der Waals surface area (Å²) in [5, 5.41) is 21.9. The van der Waals surface area contributed by atoms with Crippen molar-refractivity contribution in [2.45, 2.75) is 13.3 Å². The van der Waals surface area contributed by atoms with E-state index in [1.165, 1.54) is 61.1 Å². The van der Waals surface area contributed by atoms with E-state index in [4.69, 9.17) is 5.11 Å². The minimum absolute atomic E-state index is 0.0653. The van der Waals surface area contributed by atoms with Gasteiger partial charge in [-0.1, -0.05) is 24.3 Å². The third kappa shape index (κ3) is 4.84. The van der Waals surface area contributed by atoms with Crippen LogP contribution in [0.1, 0.15) is 12.0 Å². The summed E-state index contributed by atoms with van der Waals surface area (Å²) in [4.78, 5) is 37.6. The number of urea groups is 1. The fourth-order valence-corrected chi connectivity index (χ4v) is 3.31. The van der Waals surface area contributed by atoms with Crippen molar-refractivity contribution in [3.63, 3.8) is 0 Å². The van der Waals surface area contributed by atoms with Crippen LogP contribution in [0.5, 0.6) is 5.75 Å². The lowest BCUT2D eigenvalue weighted by atomic mass is 10.0. The number of rotatable bonds is 6. The Bertz CT molecular complexity index is 1290. The number of aliphatic carboxylic acids is 1. The number of anilines is 2. The maximum atomic E-state index is 14.4. The highest BCUT2D eigenvalue weighted by molar-refractivity contribution is 6.01. The fourth-order valence-electron chi connectivity index (χ4n) is 3.31. The highest BCUT2D eigenvalue weighted by Gasteiger charge is 2.26. The van der Waals surface area contributed by atoms with Crippen LogP contribution in [0.4, 0.5) is 25.0 Å². The zero-order valence-corrected chi connectivity index (χ0v) is 17.8. The molecule has 3 N–H and O–H groups in total. The summed E-state index contributed by atoms with van der Waals surface area (Å²) in [7, 11) is 1.44. The largest absolute Gasteiger partial charge is 0.505 e. The van der Waals surface area contributed by atoms with Gasteiger partial charge in [0, 0.05) is 30.9 Å². The highest BCUT2D eigenvalue weighted by atomic mass is 19.2. The van der Waals surface area contributed by atoms with E-state index in [0.29, 0.717) is 5.56 Å². The second kappa shape index (κ2) is 9.51. The molecule has 0 fully saturated rings. The van der Waals surface area contributed by atoms with Gasteiger partial charge in [0.05, 0.1) is 12.1 Å². The molecule has 0 saturated carbocycles. The van der Waals surface area contributed by atoms with E-state index < -0.39 is 34.9 Å². The average Bonchev–Trinajstić information content (AvgIpc) is 2.77. The summed E-state index contributed by atoms with van der Waals surface area (Å²) in [6.07, 6.45) is 1.02. The van der Waals surface area contributed by atoms with Crippen LogP contribution < -0.4 is 15.8 Å². The van der Waals surface area contributed by atoms with Crippen LogP contribution in [0, 0.1) is 18.6 Å². The van der Waals surface area contributed by atoms with Crippen molar-refractivity contribution in [3.05, 3.63) is 76.2 Å². The van der Waals surface area contributed by atoms with E-state index in [2.05, 4.69) is 5.32 Å². The van der Waals surface area contributed by atoms with Gasteiger partial charge in [-0.15, -0.1) is 0 Å². The topological polar surface area (TPSA) is 112 Å². The summed E-state index contributed by atoms with van der Waals surface area (Å²) >= 11 is 0. The molecule has 0 aliphatic heterocycles. The van der Waals surface area contributed by atoms with Crippen molar-refractivity contribution >= 4 is 23.4 Å². The third-order valence-electron chi connectivity index (χ3n) is 4.92. The van der Waals surface area contributed by atoms with E-state index in [-0.39, 0.29) is 35.5 Å². The number of nitrogens with one attached hydrogen (secondary N) is 1. The van der Waals surface area contributed by atoms with Gasteiger partial charge >= 0.3 is 12.0 Å². The van der Waals surface area contributed by atoms with Crippen LogP contribution in [0.25, 0.3) is 11.1 Å². The van der Waals surface area contributed by atoms with Crippen molar-refractivity contribution in [3.8, 4) is 16.9 Å². The number of benzene rings is 2. The first-order valence-corrected chi connectivity index (χ1v) is 9.85. The Kier molecular flexibility index (Phi) is 6.76. The summed E-state index contributed by atoms with van der Waals surface area (Å²) in [5.41, 5.74) is -0.540. The molecule has 1 aromatic heterocycles. The number of aromatic nitrogens is 1. The number of hydrogen-bond acceptors (Lipinski definition) is 4. The molecule has 8 nitrogen and oxygen atoms in total. The Hall–Kier alpha value is -4.21. The standard InChI is InChI=1S/C23H21F2N3O5/c1-13-12-27(2)22(32)20(21(13)31)28(23(33)26-10-9-18(29)30)15-6-3-5-14(11-15)16-7-4-8-17(24)19(16)25/h3-8,11-12,31H,9-10H2,1-2H3,(H,26,33)(H,29,30). The first-order chi connectivity index (χ1) is 15.6. The molecule has 1 heterocycles. The number of hydrogen-bond donors (Lipinski definition) is 3. The van der Waals surface area contributed by atoms with Crippen LogP contribution in [-0.2, 0) is 11.8 Å². The Labute approximate surface area is 187 Å². The molecule has 0 radical (unpaired) electrons. The third-order valence-corrected chi connectivity index (χ3v) is 4.92. The van der Waals surface area contributed by atoms with Gasteiger partial charge in [-0.2, -0.15) is 0 Å². The molecule has 0 aliphatic rings. The quantitative estimate of drug-likeness (QED) is 0.523. The average molecular weight is 457 g/mol. The van der Waals surface area contributed by atoms with Gasteiger partial charge in [0.25, 0.3) is 5.56 Å². The van der Waals surface area contributed by atoms with Gasteiger partial charge in [-0.25, -0.2) is 13.6 Å². The summed E-state index contributed by atoms with van der Waals surface area (Å²) < 4.78 is 29.3. The molecule has 33 heavy (non-hydrogen) atoms. The number of nitrogens with zero attached hydrogens (tertiary/aromatic N) is 2. The number of carbonyl (C=O) groups excluding carboxylic acids is 1. The van der Waals surface area contributed by atoms with E-state index in [1.807, 2.05) is 0 Å². The van der Waals surface area contributed by atoms with Gasteiger partial charge in [0.2, 0.25) is 0 Å². The molecule has 0 atom stereocenters. The fraction of sp³-hybridized carbons (Fsp3) is 0.174. The minimum atomic E-state index is -1.14. The molecular weight excluding hydrogens is 436 g/mol. The lowest BCUT2D eigenvalue weighted by Gasteiger charge is -2.25. The van der Waals surface area contributed by atoms with Crippen LogP contribution >= 0.6 is 0 Å². The molecule has 0 bridgehead atoms. The van der Waals surface area contributed by atoms with Gasteiger partial charge in [-0.05, 0) is 30.7 Å². The first-order valence-electron chi connectivity index (χ1n) is 9.85. The molecule has 3 rings (SSSR count). The van der Waals surface area contributed by atoms with Crippen LogP contribution in [0.2, 0.25) is 0 Å². The lowest BCUT2D eigenvalue weighted by molar-refractivity contribution is -0.136. The molecule has 172 valence electrons. The normalized spacial score (nSPS) is 10.7. The van der Waals surface area contributed by atoms with Crippen LogP contribution in [-0.4, -0.2) is 33.3 Å². The predicted molar refractivity (Wildman–Crippen MR) is 118 cm³/mol. The van der Waals surface area contributed by atoms with Crippen molar-refractivity contribution in [1.29, 1.82) is 0 Å². The number of carbonyl (C=O) groups is 2. The molecular formula is C23H21F2N3O5. The second-order valence-corrected chi connectivity index (χ2v) is 7.29. The van der Waals surface area contributed by atoms with Crippen molar-refractivity contribution < 1.29 is 28.6 Å². The smallest absolute Gasteiger partial charge is 0.326 e. The lowest BCUT2D eigenvalue weighted by Crippen LogP contribution is -2.41. The molecule has 10 heteroatoms. The molecule has 0 saturated heterocycles. The zero-order chi connectivity index (χ0) is 24.3. The van der Waals surface area contributed by atoms with Crippen molar-refractivity contribution in [2.24, 2.45) is 7.05 Å². The van der Waals surface area contributed by atoms with E-state index >= 15 is 0 Å². The molecule has 0 spiro atoms. The molecule has 0 unspecified atom stereocenters. The second-order valence-electron chi connectivity index (χ2n) is 7.29. The van der Waals surface area contributed by atoms with E-state index in [9.17, 15) is 28.3 Å². The minimum Gasteiger partial charge on any atom is -0.505 e. The van der Waals surface area contributed by atoms with Gasteiger partial charge in [0.1, 0.15) is 5.75 Å². The van der Waals surface area contributed by atoms with E-state index in [1.54, 1.807) is 0 Å². The molecule has 3 aromatic rings.